The lowest BCUT2D eigenvalue weighted by molar-refractivity contribution is -0.146. The van der Waals surface area contributed by atoms with Crippen LogP contribution in [0.25, 0.3) is 0 Å². The van der Waals surface area contributed by atoms with Crippen molar-refractivity contribution >= 4 is 18.3 Å². The molecular weight excluding hydrogens is 276 g/mol. The second kappa shape index (κ2) is 7.62. The number of amides is 1. The molecule has 2 atom stereocenters. The van der Waals surface area contributed by atoms with Gasteiger partial charge in [0.15, 0.2) is 0 Å². The Morgan fingerprint density at radius 2 is 1.75 bits per heavy atom. The molecule has 2 rings (SSSR count). The number of hydrogen-bond acceptors (Lipinski definition) is 3. The molecule has 1 aliphatic heterocycles. The van der Waals surface area contributed by atoms with Crippen molar-refractivity contribution in [3.63, 3.8) is 0 Å². The third kappa shape index (κ3) is 4.34. The number of rotatable bonds is 3. The highest BCUT2D eigenvalue weighted by Crippen LogP contribution is 2.38. The molecule has 2 N–H and O–H groups in total. The Morgan fingerprint density at radius 1 is 1.20 bits per heavy atom. The minimum absolute atomic E-state index is 0. The van der Waals surface area contributed by atoms with Crippen LogP contribution in [0.15, 0.2) is 0 Å². The summed E-state index contributed by atoms with van der Waals surface area (Å²) in [4.78, 5) is 14.5. The van der Waals surface area contributed by atoms with Crippen molar-refractivity contribution in [2.45, 2.75) is 64.6 Å². The standard InChI is InChI=1S/C15H28N2O2.ClH/c1-12-9-17(10-13(2)19-12)14(18)8-15(11-16)6-4-3-5-7-15;/h12-13H,3-11,16H2,1-2H3;1H/t12-,13+;. The molecule has 0 unspecified atom stereocenters. The van der Waals surface area contributed by atoms with Gasteiger partial charge in [-0.1, -0.05) is 19.3 Å². The number of ether oxygens (including phenoxy) is 1. The van der Waals surface area contributed by atoms with Crippen LogP contribution in [0, 0.1) is 5.41 Å². The van der Waals surface area contributed by atoms with Gasteiger partial charge in [0.1, 0.15) is 0 Å². The van der Waals surface area contributed by atoms with Gasteiger partial charge in [0.2, 0.25) is 5.91 Å². The molecule has 0 bridgehead atoms. The van der Waals surface area contributed by atoms with E-state index >= 15 is 0 Å². The summed E-state index contributed by atoms with van der Waals surface area (Å²) in [5, 5.41) is 0. The second-order valence-corrected chi connectivity index (χ2v) is 6.50. The lowest BCUT2D eigenvalue weighted by Gasteiger charge is -2.40. The highest BCUT2D eigenvalue weighted by atomic mass is 35.5. The Balaban J connectivity index is 0.00000200. The van der Waals surface area contributed by atoms with Crippen molar-refractivity contribution in [3.05, 3.63) is 0 Å². The zero-order valence-corrected chi connectivity index (χ0v) is 13.6. The van der Waals surface area contributed by atoms with E-state index in [2.05, 4.69) is 0 Å². The van der Waals surface area contributed by atoms with Crippen molar-refractivity contribution in [3.8, 4) is 0 Å². The minimum atomic E-state index is 0. The molecule has 0 aromatic heterocycles. The predicted molar refractivity (Wildman–Crippen MR) is 83.0 cm³/mol. The first-order valence-electron chi connectivity index (χ1n) is 7.68. The first-order chi connectivity index (χ1) is 9.04. The maximum atomic E-state index is 12.5. The molecule has 0 aromatic carbocycles. The average Bonchev–Trinajstić information content (AvgIpc) is 2.38. The molecule has 0 radical (unpaired) electrons. The Labute approximate surface area is 128 Å². The third-order valence-corrected chi connectivity index (χ3v) is 4.65. The number of hydrogen-bond donors (Lipinski definition) is 1. The van der Waals surface area contributed by atoms with Crippen LogP contribution in [-0.4, -0.2) is 42.6 Å². The third-order valence-electron chi connectivity index (χ3n) is 4.65. The van der Waals surface area contributed by atoms with Gasteiger partial charge in [-0.25, -0.2) is 0 Å². The first-order valence-corrected chi connectivity index (χ1v) is 7.68. The largest absolute Gasteiger partial charge is 0.372 e. The Hall–Kier alpha value is -0.320. The molecule has 1 saturated heterocycles. The fourth-order valence-electron chi connectivity index (χ4n) is 3.57. The van der Waals surface area contributed by atoms with Gasteiger partial charge < -0.3 is 15.4 Å². The van der Waals surface area contributed by atoms with Gasteiger partial charge in [0.25, 0.3) is 0 Å². The molecule has 20 heavy (non-hydrogen) atoms. The Bertz CT molecular complexity index is 309. The predicted octanol–water partition coefficient (Wildman–Crippen LogP) is 2.34. The van der Waals surface area contributed by atoms with E-state index in [4.69, 9.17) is 10.5 Å². The zero-order valence-electron chi connectivity index (χ0n) is 12.8. The Kier molecular flexibility index (Phi) is 6.76. The number of halogens is 1. The molecule has 2 aliphatic rings. The van der Waals surface area contributed by atoms with Crippen LogP contribution >= 0.6 is 12.4 Å². The fourth-order valence-corrected chi connectivity index (χ4v) is 3.57. The summed E-state index contributed by atoms with van der Waals surface area (Å²) in [7, 11) is 0. The summed E-state index contributed by atoms with van der Waals surface area (Å²) in [5.41, 5.74) is 6.04. The van der Waals surface area contributed by atoms with Gasteiger partial charge in [-0.15, -0.1) is 12.4 Å². The SMILES string of the molecule is C[C@@H]1CN(C(=O)CC2(CN)CCCCC2)C[C@H](C)O1.Cl. The minimum Gasteiger partial charge on any atom is -0.372 e. The van der Waals surface area contributed by atoms with Crippen LogP contribution < -0.4 is 5.73 Å². The topological polar surface area (TPSA) is 55.6 Å². The van der Waals surface area contributed by atoms with Crippen LogP contribution in [0.1, 0.15) is 52.4 Å². The zero-order chi connectivity index (χ0) is 13.9. The van der Waals surface area contributed by atoms with Gasteiger partial charge in [0, 0.05) is 19.5 Å². The summed E-state index contributed by atoms with van der Waals surface area (Å²) in [6.45, 7) is 6.17. The molecule has 5 heteroatoms. The van der Waals surface area contributed by atoms with E-state index in [1.54, 1.807) is 0 Å². The van der Waals surface area contributed by atoms with Crippen molar-refractivity contribution in [2.24, 2.45) is 11.1 Å². The molecule has 118 valence electrons. The smallest absolute Gasteiger partial charge is 0.223 e. The molecule has 1 amide bonds. The molecule has 2 fully saturated rings. The van der Waals surface area contributed by atoms with E-state index in [1.165, 1.54) is 19.3 Å². The summed E-state index contributed by atoms with van der Waals surface area (Å²) in [6, 6.07) is 0. The maximum absolute atomic E-state index is 12.5. The maximum Gasteiger partial charge on any atom is 0.223 e. The molecule has 4 nitrogen and oxygen atoms in total. The van der Waals surface area contributed by atoms with Crippen LogP contribution in [0.3, 0.4) is 0 Å². The molecule has 1 heterocycles. The summed E-state index contributed by atoms with van der Waals surface area (Å²) in [6.07, 6.45) is 6.89. The van der Waals surface area contributed by atoms with Gasteiger partial charge in [-0.05, 0) is 38.6 Å². The number of carbonyl (C=O) groups excluding carboxylic acids is 1. The highest BCUT2D eigenvalue weighted by Gasteiger charge is 2.36. The summed E-state index contributed by atoms with van der Waals surface area (Å²) < 4.78 is 5.69. The van der Waals surface area contributed by atoms with Crippen molar-refractivity contribution in [1.29, 1.82) is 0 Å². The lowest BCUT2D eigenvalue weighted by atomic mass is 9.71. The van der Waals surface area contributed by atoms with Gasteiger partial charge in [-0.2, -0.15) is 0 Å². The molecule has 1 saturated carbocycles. The monoisotopic (exact) mass is 304 g/mol. The average molecular weight is 305 g/mol. The summed E-state index contributed by atoms with van der Waals surface area (Å²) >= 11 is 0. The molecule has 0 spiro atoms. The van der Waals surface area contributed by atoms with Gasteiger partial charge in [0.05, 0.1) is 12.2 Å². The first kappa shape index (κ1) is 17.7. The number of nitrogens with two attached hydrogens (primary N) is 1. The van der Waals surface area contributed by atoms with Crippen molar-refractivity contribution in [1.82, 2.24) is 4.90 Å². The van der Waals surface area contributed by atoms with Crippen molar-refractivity contribution < 1.29 is 9.53 Å². The number of nitrogens with zero attached hydrogens (tertiary/aromatic N) is 1. The Morgan fingerprint density at radius 3 is 2.25 bits per heavy atom. The van der Waals surface area contributed by atoms with Crippen LogP contribution in [0.5, 0.6) is 0 Å². The molecular formula is C15H29ClN2O2. The van der Waals surface area contributed by atoms with E-state index in [0.29, 0.717) is 13.0 Å². The van der Waals surface area contributed by atoms with E-state index < -0.39 is 0 Å². The second-order valence-electron chi connectivity index (χ2n) is 6.50. The number of carbonyl (C=O) groups is 1. The quantitative estimate of drug-likeness (QED) is 0.871. The summed E-state index contributed by atoms with van der Waals surface area (Å²) in [5.74, 6) is 0.273. The van der Waals surface area contributed by atoms with E-state index in [9.17, 15) is 4.79 Å². The van der Waals surface area contributed by atoms with Crippen LogP contribution in [0.4, 0.5) is 0 Å². The molecule has 0 aromatic rings. The van der Waals surface area contributed by atoms with Gasteiger partial charge in [-0.3, -0.25) is 4.79 Å². The highest BCUT2D eigenvalue weighted by molar-refractivity contribution is 5.85. The van der Waals surface area contributed by atoms with E-state index in [0.717, 1.165) is 25.9 Å². The van der Waals surface area contributed by atoms with Gasteiger partial charge >= 0.3 is 0 Å². The fraction of sp³-hybridized carbons (Fsp3) is 0.933. The van der Waals surface area contributed by atoms with E-state index in [-0.39, 0.29) is 35.9 Å². The van der Waals surface area contributed by atoms with Crippen molar-refractivity contribution in [2.75, 3.05) is 19.6 Å². The van der Waals surface area contributed by atoms with Crippen LogP contribution in [0.2, 0.25) is 0 Å². The molecule has 1 aliphatic carbocycles. The number of morpholine rings is 1. The van der Waals surface area contributed by atoms with E-state index in [1.807, 2.05) is 18.7 Å². The normalized spacial score (nSPS) is 29.6. The lowest BCUT2D eigenvalue weighted by Crippen LogP contribution is -2.50. The van der Waals surface area contributed by atoms with Crippen LogP contribution in [-0.2, 0) is 9.53 Å².